The highest BCUT2D eigenvalue weighted by atomic mass is 32.2. The average molecular weight is 502 g/mol. The maximum absolute atomic E-state index is 14.6. The normalized spacial score (nSPS) is 18.1. The number of thioether (sulfide) groups is 1. The van der Waals surface area contributed by atoms with Gasteiger partial charge in [-0.25, -0.2) is 22.9 Å². The quantitative estimate of drug-likeness (QED) is 0.270. The second-order valence-electron chi connectivity index (χ2n) is 7.94. The van der Waals surface area contributed by atoms with Crippen LogP contribution in [0.25, 0.3) is 0 Å². The zero-order chi connectivity index (χ0) is 24.0. The summed E-state index contributed by atoms with van der Waals surface area (Å²) in [6.45, 7) is 4.35. The van der Waals surface area contributed by atoms with Gasteiger partial charge in [0.05, 0.1) is 28.5 Å². The number of anilines is 2. The van der Waals surface area contributed by atoms with E-state index >= 15 is 0 Å². The number of hydrogen-bond donors (Lipinski definition) is 1. The molecule has 0 unspecified atom stereocenters. The Morgan fingerprint density at radius 2 is 1.94 bits per heavy atom. The van der Waals surface area contributed by atoms with Crippen molar-refractivity contribution in [3.05, 3.63) is 35.8 Å². The van der Waals surface area contributed by atoms with Gasteiger partial charge in [0.25, 0.3) is 0 Å². The third-order valence-electron chi connectivity index (χ3n) is 5.46. The highest BCUT2D eigenvalue weighted by Crippen LogP contribution is 2.33. The molecule has 1 aromatic heterocycles. The third kappa shape index (κ3) is 6.86. The van der Waals surface area contributed by atoms with Crippen molar-refractivity contribution in [3.63, 3.8) is 0 Å². The number of carbonyl (C=O) groups is 2. The van der Waals surface area contributed by atoms with E-state index in [9.17, 15) is 22.8 Å². The van der Waals surface area contributed by atoms with Gasteiger partial charge in [0.2, 0.25) is 0 Å². The van der Waals surface area contributed by atoms with E-state index < -0.39 is 23.5 Å². The van der Waals surface area contributed by atoms with Crippen LogP contribution in [0.2, 0.25) is 0 Å². The summed E-state index contributed by atoms with van der Waals surface area (Å²) in [7, 11) is 0. The van der Waals surface area contributed by atoms with Crippen LogP contribution in [-0.4, -0.2) is 35.9 Å². The van der Waals surface area contributed by atoms with Crippen LogP contribution >= 0.6 is 23.1 Å². The number of benzene rings is 1. The van der Waals surface area contributed by atoms with Gasteiger partial charge in [-0.3, -0.25) is 15.0 Å². The Bertz CT molecular complexity index is 981. The molecule has 1 fully saturated rings. The Morgan fingerprint density at radius 1 is 1.21 bits per heavy atom. The summed E-state index contributed by atoms with van der Waals surface area (Å²) in [5.41, 5.74) is -0.321. The monoisotopic (exact) mass is 501 g/mol. The van der Waals surface area contributed by atoms with Crippen molar-refractivity contribution >= 4 is 45.9 Å². The molecule has 1 N–H and O–H groups in total. The lowest BCUT2D eigenvalue weighted by atomic mass is 9.83. The van der Waals surface area contributed by atoms with Crippen molar-refractivity contribution in [2.24, 2.45) is 11.8 Å². The number of esters is 1. The lowest BCUT2D eigenvalue weighted by Gasteiger charge is -2.31. The van der Waals surface area contributed by atoms with Gasteiger partial charge in [0.1, 0.15) is 0 Å². The van der Waals surface area contributed by atoms with Gasteiger partial charge in [0, 0.05) is 6.54 Å². The van der Waals surface area contributed by atoms with Crippen LogP contribution in [0.15, 0.2) is 22.5 Å². The second-order valence-corrected chi connectivity index (χ2v) is 10.2. The summed E-state index contributed by atoms with van der Waals surface area (Å²) in [6.07, 6.45) is 5.22. The Labute approximate surface area is 198 Å². The van der Waals surface area contributed by atoms with Crippen LogP contribution in [0, 0.1) is 29.3 Å². The van der Waals surface area contributed by atoms with Crippen molar-refractivity contribution < 1.29 is 27.5 Å². The van der Waals surface area contributed by atoms with E-state index in [0.717, 1.165) is 54.1 Å². The predicted molar refractivity (Wildman–Crippen MR) is 123 cm³/mol. The molecule has 11 heteroatoms. The number of halogens is 3. The minimum Gasteiger partial charge on any atom is -0.465 e. The number of rotatable bonds is 8. The number of amides is 2. The fourth-order valence-corrected chi connectivity index (χ4v) is 5.32. The summed E-state index contributed by atoms with van der Waals surface area (Å²) in [5.74, 6) is -3.88. The molecule has 1 saturated carbocycles. The van der Waals surface area contributed by atoms with Gasteiger partial charge in [0.15, 0.2) is 22.6 Å². The number of carbonyl (C=O) groups excluding carboxylic acids is 2. The van der Waals surface area contributed by atoms with Crippen molar-refractivity contribution in [3.8, 4) is 0 Å². The molecule has 0 saturated heterocycles. The molecule has 180 valence electrons. The molecule has 6 nitrogen and oxygen atoms in total. The lowest BCUT2D eigenvalue weighted by molar-refractivity contribution is -0.139. The van der Waals surface area contributed by atoms with E-state index in [4.69, 9.17) is 4.74 Å². The number of nitrogens with one attached hydrogen (secondary N) is 1. The van der Waals surface area contributed by atoms with Gasteiger partial charge in [-0.05, 0) is 43.7 Å². The number of urea groups is 1. The fraction of sp³-hybridized carbons (Fsp3) is 0.500. The summed E-state index contributed by atoms with van der Waals surface area (Å²) in [4.78, 5) is 29.8. The molecule has 2 aromatic rings. The standard InChI is InChI=1S/C22H26F3N3O3S2/c1-3-31-17(29)12-32-18-10-26-21(33-18)27-22(30)28(11-14-6-4-13(2)5-7-14)16-9-8-15(23)19(24)20(16)25/h8-10,13-14H,3-7,11-12H2,1-2H3,(H,26,27,30). The number of thiazole rings is 1. The first kappa shape index (κ1) is 25.4. The van der Waals surface area contributed by atoms with E-state index in [0.29, 0.717) is 16.7 Å². The Kier molecular flexibility index (Phi) is 9.02. The number of nitrogens with zero attached hydrogens (tertiary/aromatic N) is 2. The highest BCUT2D eigenvalue weighted by molar-refractivity contribution is 8.01. The van der Waals surface area contributed by atoms with Crippen molar-refractivity contribution in [2.75, 3.05) is 29.1 Å². The Hall–Kier alpha value is -2.27. The van der Waals surface area contributed by atoms with Crippen molar-refractivity contribution in [2.45, 2.75) is 43.7 Å². The van der Waals surface area contributed by atoms with Gasteiger partial charge in [-0.1, -0.05) is 31.1 Å². The molecule has 2 amide bonds. The molecular weight excluding hydrogens is 475 g/mol. The van der Waals surface area contributed by atoms with Crippen molar-refractivity contribution in [1.82, 2.24) is 4.98 Å². The predicted octanol–water partition coefficient (Wildman–Crippen LogP) is 6.08. The van der Waals surface area contributed by atoms with Crippen LogP contribution in [0.1, 0.15) is 39.5 Å². The smallest absolute Gasteiger partial charge is 0.328 e. The Morgan fingerprint density at radius 3 is 2.64 bits per heavy atom. The van der Waals surface area contributed by atoms with Crippen LogP contribution in [0.5, 0.6) is 0 Å². The SMILES string of the molecule is CCOC(=O)CSc1cnc(NC(=O)N(CC2CCC(C)CC2)c2ccc(F)c(F)c2F)s1. The molecule has 1 aliphatic carbocycles. The van der Waals surface area contributed by atoms with Gasteiger partial charge in [-0.15, -0.1) is 11.8 Å². The zero-order valence-electron chi connectivity index (χ0n) is 18.4. The van der Waals surface area contributed by atoms with E-state index in [-0.39, 0.29) is 35.0 Å². The zero-order valence-corrected chi connectivity index (χ0v) is 20.0. The molecule has 0 spiro atoms. The Balaban J connectivity index is 1.74. The topological polar surface area (TPSA) is 71.5 Å². The molecule has 1 heterocycles. The molecule has 33 heavy (non-hydrogen) atoms. The van der Waals surface area contributed by atoms with E-state index in [1.807, 2.05) is 0 Å². The summed E-state index contributed by atoms with van der Waals surface area (Å²) in [5, 5.41) is 2.86. The molecule has 1 aliphatic rings. The van der Waals surface area contributed by atoms with Crippen LogP contribution < -0.4 is 10.2 Å². The number of ether oxygens (including phenoxy) is 1. The van der Waals surface area contributed by atoms with Gasteiger partial charge < -0.3 is 4.74 Å². The van der Waals surface area contributed by atoms with E-state index in [1.165, 1.54) is 18.0 Å². The minimum absolute atomic E-state index is 0.107. The second kappa shape index (κ2) is 11.7. The molecule has 0 atom stereocenters. The minimum atomic E-state index is -1.62. The third-order valence-corrected chi connectivity index (χ3v) is 7.54. The van der Waals surface area contributed by atoms with Crippen LogP contribution in [0.3, 0.4) is 0 Å². The van der Waals surface area contributed by atoms with Gasteiger partial charge in [-0.2, -0.15) is 0 Å². The first-order chi connectivity index (χ1) is 15.8. The van der Waals surface area contributed by atoms with E-state index in [2.05, 4.69) is 17.2 Å². The van der Waals surface area contributed by atoms with Gasteiger partial charge >= 0.3 is 12.0 Å². The average Bonchev–Trinajstić information content (AvgIpc) is 3.24. The van der Waals surface area contributed by atoms with Crippen LogP contribution in [0.4, 0.5) is 28.8 Å². The maximum Gasteiger partial charge on any atom is 0.328 e. The lowest BCUT2D eigenvalue weighted by Crippen LogP contribution is -2.40. The van der Waals surface area contributed by atoms with E-state index in [1.54, 1.807) is 6.92 Å². The maximum atomic E-state index is 14.6. The number of hydrogen-bond acceptors (Lipinski definition) is 6. The summed E-state index contributed by atoms with van der Waals surface area (Å²) >= 11 is 2.37. The summed E-state index contributed by atoms with van der Waals surface area (Å²) in [6, 6.07) is 1.20. The molecule has 0 bridgehead atoms. The first-order valence-electron chi connectivity index (χ1n) is 10.7. The molecular formula is C22H26F3N3O3S2. The largest absolute Gasteiger partial charge is 0.465 e. The molecule has 0 radical (unpaired) electrons. The van der Waals surface area contributed by atoms with Crippen molar-refractivity contribution in [1.29, 1.82) is 0 Å². The van der Waals surface area contributed by atoms with Crippen LogP contribution in [-0.2, 0) is 9.53 Å². The fourth-order valence-electron chi connectivity index (χ4n) is 3.66. The summed E-state index contributed by atoms with van der Waals surface area (Å²) < 4.78 is 47.5. The molecule has 1 aromatic carbocycles. The first-order valence-corrected chi connectivity index (χ1v) is 12.5. The number of aromatic nitrogens is 1. The highest BCUT2D eigenvalue weighted by Gasteiger charge is 2.28. The molecule has 3 rings (SSSR count). The molecule has 0 aliphatic heterocycles.